The number of likely N-dealkylation sites (N-methyl/N-ethyl adjacent to an activating group) is 1. The van der Waals surface area contributed by atoms with Crippen molar-refractivity contribution in [3.8, 4) is 0 Å². The molecule has 0 fully saturated rings. The van der Waals surface area contributed by atoms with Crippen molar-refractivity contribution < 1.29 is 27.5 Å². The van der Waals surface area contributed by atoms with E-state index in [0.717, 1.165) is 24.1 Å². The molecule has 0 aromatic carbocycles. The Balaban J connectivity index is 3.50. The van der Waals surface area contributed by atoms with Crippen molar-refractivity contribution in [2.24, 2.45) is 0 Å². The molecule has 7 heteroatoms. The fourth-order valence-electron chi connectivity index (χ4n) is 3.47. The fraction of sp³-hybridized carbons (Fsp3) is 1.00. The topological polar surface area (TPSA) is 46.2 Å². The van der Waals surface area contributed by atoms with Crippen molar-refractivity contribution in [3.63, 3.8) is 0 Å². The van der Waals surface area contributed by atoms with E-state index in [2.05, 4.69) is 28.1 Å². The Hall–Kier alpha value is 0.190. The fourth-order valence-corrected chi connectivity index (χ4v) is 4.28. The van der Waals surface area contributed by atoms with Gasteiger partial charge in [-0.2, -0.15) is 0 Å². The van der Waals surface area contributed by atoms with E-state index < -0.39 is 8.60 Å². The second-order valence-corrected chi connectivity index (χ2v) is 11.4. The minimum atomic E-state index is -1.33. The molecule has 0 heterocycles. The summed E-state index contributed by atoms with van der Waals surface area (Å²) >= 11 is 0. The highest BCUT2D eigenvalue weighted by molar-refractivity contribution is 7.41. The van der Waals surface area contributed by atoms with Crippen molar-refractivity contribution in [2.45, 2.75) is 103 Å². The van der Waals surface area contributed by atoms with Gasteiger partial charge in [-0.1, -0.05) is 90.4 Å². The number of hydrogen-bond donors (Lipinski definition) is 0. The number of unbranched alkanes of at least 4 members (excludes halogenated alkanes) is 13. The van der Waals surface area contributed by atoms with E-state index in [1.807, 2.05) is 0 Å². The van der Waals surface area contributed by atoms with Crippen LogP contribution in [0, 0.1) is 0 Å². The van der Waals surface area contributed by atoms with E-state index in [1.165, 1.54) is 83.5 Å². The van der Waals surface area contributed by atoms with E-state index in [1.54, 1.807) is 14.2 Å². The van der Waals surface area contributed by atoms with Crippen LogP contribution < -0.4 is 0 Å². The van der Waals surface area contributed by atoms with Crippen LogP contribution in [0.4, 0.5) is 0 Å². The van der Waals surface area contributed by atoms with Crippen LogP contribution in [0.25, 0.3) is 0 Å². The molecule has 0 rings (SSSR count). The second-order valence-electron chi connectivity index (χ2n) is 10.1. The third-order valence-electron chi connectivity index (χ3n) is 5.75. The maximum Gasteiger partial charge on any atom is 0.332 e. The van der Waals surface area contributed by atoms with Crippen LogP contribution in [0.15, 0.2) is 0 Å². The summed E-state index contributed by atoms with van der Waals surface area (Å²) in [5.41, 5.74) is 0. The standard InChI is InChI=1S/C26H57NO5P/c1-7-8-9-10-11-12-13-14-15-16-17-18-19-20-22-30-24-26(28-5)25-32-33(29-6)31-23-21-27(2,3)4/h26H,7-25H2,1-6H3/q+1. The lowest BCUT2D eigenvalue weighted by Gasteiger charge is -2.25. The summed E-state index contributed by atoms with van der Waals surface area (Å²) in [6, 6.07) is 0. The Bertz CT molecular complexity index is 395. The first-order valence-electron chi connectivity index (χ1n) is 13.4. The Morgan fingerprint density at radius 1 is 0.636 bits per heavy atom. The van der Waals surface area contributed by atoms with E-state index in [-0.39, 0.29) is 6.10 Å². The van der Waals surface area contributed by atoms with E-state index in [0.29, 0.717) is 19.8 Å². The molecule has 2 atom stereocenters. The summed E-state index contributed by atoms with van der Waals surface area (Å²) < 4.78 is 28.9. The zero-order valence-electron chi connectivity index (χ0n) is 22.9. The lowest BCUT2D eigenvalue weighted by atomic mass is 10.0. The van der Waals surface area contributed by atoms with Crippen LogP contribution >= 0.6 is 8.60 Å². The quantitative estimate of drug-likeness (QED) is 0.0728. The summed E-state index contributed by atoms with van der Waals surface area (Å²) in [6.07, 6.45) is 19.1. The maximum atomic E-state index is 5.80. The number of rotatable bonds is 26. The molecule has 200 valence electrons. The predicted octanol–water partition coefficient (Wildman–Crippen LogP) is 7.11. The van der Waals surface area contributed by atoms with Gasteiger partial charge in [0.2, 0.25) is 0 Å². The number of nitrogens with zero attached hydrogens (tertiary/aromatic N) is 1. The molecule has 0 bridgehead atoms. The van der Waals surface area contributed by atoms with Gasteiger partial charge in [-0.15, -0.1) is 0 Å². The zero-order chi connectivity index (χ0) is 24.6. The maximum absolute atomic E-state index is 5.80. The summed E-state index contributed by atoms with van der Waals surface area (Å²) in [4.78, 5) is 0. The molecule has 0 saturated carbocycles. The van der Waals surface area contributed by atoms with Crippen molar-refractivity contribution in [1.82, 2.24) is 0 Å². The molecule has 0 radical (unpaired) electrons. The Labute approximate surface area is 207 Å². The van der Waals surface area contributed by atoms with Crippen LogP contribution in [0.1, 0.15) is 96.8 Å². The number of methoxy groups -OCH3 is 1. The molecule has 6 nitrogen and oxygen atoms in total. The van der Waals surface area contributed by atoms with Gasteiger partial charge in [0.1, 0.15) is 19.3 Å². The van der Waals surface area contributed by atoms with Crippen LogP contribution in [-0.4, -0.2) is 78.9 Å². The molecule has 0 aliphatic rings. The monoisotopic (exact) mass is 494 g/mol. The molecular weight excluding hydrogens is 437 g/mol. The molecule has 0 spiro atoms. The van der Waals surface area contributed by atoms with Gasteiger partial charge in [0.25, 0.3) is 0 Å². The van der Waals surface area contributed by atoms with Crippen LogP contribution in [0.3, 0.4) is 0 Å². The largest absolute Gasteiger partial charge is 0.379 e. The average molecular weight is 495 g/mol. The molecule has 0 amide bonds. The third-order valence-corrected chi connectivity index (χ3v) is 6.80. The normalized spacial score (nSPS) is 14.0. The molecule has 0 saturated heterocycles. The van der Waals surface area contributed by atoms with Gasteiger partial charge in [0, 0.05) is 20.8 Å². The highest BCUT2D eigenvalue weighted by atomic mass is 31.2. The Kier molecular flexibility index (Phi) is 24.0. The lowest BCUT2D eigenvalue weighted by Crippen LogP contribution is -2.37. The second kappa shape index (κ2) is 23.9. The Morgan fingerprint density at radius 3 is 1.61 bits per heavy atom. The van der Waals surface area contributed by atoms with Crippen molar-refractivity contribution in [1.29, 1.82) is 0 Å². The molecule has 0 aromatic rings. The average Bonchev–Trinajstić information content (AvgIpc) is 2.78. The lowest BCUT2D eigenvalue weighted by molar-refractivity contribution is -0.870. The molecule has 2 unspecified atom stereocenters. The van der Waals surface area contributed by atoms with Gasteiger partial charge in [0.15, 0.2) is 0 Å². The van der Waals surface area contributed by atoms with Crippen LogP contribution in [0.2, 0.25) is 0 Å². The van der Waals surface area contributed by atoms with Gasteiger partial charge in [-0.05, 0) is 6.42 Å². The summed E-state index contributed by atoms with van der Waals surface area (Å²) in [7, 11) is 8.38. The third kappa shape index (κ3) is 25.1. The first-order chi connectivity index (χ1) is 15.9. The predicted molar refractivity (Wildman–Crippen MR) is 141 cm³/mol. The zero-order valence-corrected chi connectivity index (χ0v) is 23.8. The Morgan fingerprint density at radius 2 is 1.15 bits per heavy atom. The smallest absolute Gasteiger partial charge is 0.332 e. The molecule has 0 aromatic heterocycles. The van der Waals surface area contributed by atoms with Crippen molar-refractivity contribution in [2.75, 3.05) is 68.3 Å². The summed E-state index contributed by atoms with van der Waals surface area (Å²) in [6.45, 7) is 5.54. The van der Waals surface area contributed by atoms with Gasteiger partial charge in [-0.3, -0.25) is 0 Å². The number of quaternary nitrogens is 1. The summed E-state index contributed by atoms with van der Waals surface area (Å²) in [5.74, 6) is 0. The number of ether oxygens (including phenoxy) is 2. The van der Waals surface area contributed by atoms with Gasteiger partial charge < -0.3 is 27.5 Å². The van der Waals surface area contributed by atoms with E-state index >= 15 is 0 Å². The SMILES string of the molecule is CCCCCCCCCCCCCCCCOCC(COP(OC)OCC[N+](C)(C)C)OC. The molecular formula is C26H57NO5P+. The van der Waals surface area contributed by atoms with Gasteiger partial charge in [-0.25, -0.2) is 0 Å². The molecule has 33 heavy (non-hydrogen) atoms. The molecule has 0 N–H and O–H groups in total. The van der Waals surface area contributed by atoms with Gasteiger partial charge >= 0.3 is 8.60 Å². The van der Waals surface area contributed by atoms with E-state index in [9.17, 15) is 0 Å². The van der Waals surface area contributed by atoms with Crippen LogP contribution in [0.5, 0.6) is 0 Å². The van der Waals surface area contributed by atoms with Gasteiger partial charge in [0.05, 0.1) is 34.4 Å². The van der Waals surface area contributed by atoms with Crippen molar-refractivity contribution in [3.05, 3.63) is 0 Å². The first kappa shape index (κ1) is 33.2. The van der Waals surface area contributed by atoms with Crippen LogP contribution in [-0.2, 0) is 23.0 Å². The first-order valence-corrected chi connectivity index (χ1v) is 14.5. The van der Waals surface area contributed by atoms with Crippen molar-refractivity contribution >= 4 is 8.60 Å². The number of hydrogen-bond acceptors (Lipinski definition) is 5. The van der Waals surface area contributed by atoms with E-state index in [4.69, 9.17) is 23.0 Å². The minimum absolute atomic E-state index is 0.0983. The highest BCUT2D eigenvalue weighted by Crippen LogP contribution is 2.38. The molecule has 0 aliphatic carbocycles. The highest BCUT2D eigenvalue weighted by Gasteiger charge is 2.17. The minimum Gasteiger partial charge on any atom is -0.379 e. The molecule has 0 aliphatic heterocycles. The summed E-state index contributed by atoms with van der Waals surface area (Å²) in [5, 5.41) is 0.